The summed E-state index contributed by atoms with van der Waals surface area (Å²) in [7, 11) is 0. The minimum atomic E-state index is -0.458. The molecule has 0 saturated carbocycles. The molecule has 0 spiro atoms. The van der Waals surface area contributed by atoms with Gasteiger partial charge in [0.05, 0.1) is 15.7 Å². The summed E-state index contributed by atoms with van der Waals surface area (Å²) >= 11 is 9.09. The van der Waals surface area contributed by atoms with Gasteiger partial charge in [0.1, 0.15) is 11.5 Å². The lowest BCUT2D eigenvalue weighted by Crippen LogP contribution is -2.17. The number of carbonyl (C=O) groups is 1. The summed E-state index contributed by atoms with van der Waals surface area (Å²) in [5, 5.41) is 25.0. The number of amides is 1. The van der Waals surface area contributed by atoms with Crippen molar-refractivity contribution in [1.82, 2.24) is 5.43 Å². The van der Waals surface area contributed by atoms with Gasteiger partial charge >= 0.3 is 0 Å². The lowest BCUT2D eigenvalue weighted by Gasteiger charge is -2.07. The number of rotatable bonds is 3. The lowest BCUT2D eigenvalue weighted by molar-refractivity contribution is 0.0955. The van der Waals surface area contributed by atoms with Crippen LogP contribution in [0.3, 0.4) is 0 Å². The molecule has 0 bridgehead atoms. The van der Waals surface area contributed by atoms with Gasteiger partial charge in [-0.2, -0.15) is 5.10 Å². The molecular weight excluding hydrogens is 408 g/mol. The number of hydrogen-bond donors (Lipinski definition) is 3. The third-order valence-corrected chi connectivity index (χ3v) is 4.49. The van der Waals surface area contributed by atoms with Crippen molar-refractivity contribution in [3.05, 3.63) is 69.2 Å². The zero-order valence-corrected chi connectivity index (χ0v) is 15.0. The van der Waals surface area contributed by atoms with Gasteiger partial charge in [0.15, 0.2) is 0 Å². The molecule has 3 aromatic rings. The minimum absolute atomic E-state index is 0.0880. The Kier molecular flexibility index (Phi) is 4.92. The summed E-state index contributed by atoms with van der Waals surface area (Å²) < 4.78 is 0.532. The molecule has 0 fully saturated rings. The van der Waals surface area contributed by atoms with Crippen molar-refractivity contribution < 1.29 is 15.0 Å². The maximum Gasteiger partial charge on any atom is 0.271 e. The zero-order chi connectivity index (χ0) is 18.0. The number of phenolic OH excluding ortho intramolecular Hbond substituents is 2. The highest BCUT2D eigenvalue weighted by molar-refractivity contribution is 9.10. The van der Waals surface area contributed by atoms with Crippen LogP contribution in [0.25, 0.3) is 10.8 Å². The van der Waals surface area contributed by atoms with Crippen LogP contribution >= 0.6 is 27.5 Å². The molecule has 5 nitrogen and oxygen atoms in total. The molecule has 0 heterocycles. The second-order valence-corrected chi connectivity index (χ2v) is 6.47. The number of hydrazone groups is 1. The second-order valence-electron chi connectivity index (χ2n) is 5.21. The van der Waals surface area contributed by atoms with E-state index in [4.69, 9.17) is 11.6 Å². The topological polar surface area (TPSA) is 81.9 Å². The molecule has 0 unspecified atom stereocenters. The Balaban J connectivity index is 1.85. The molecular formula is C18H12BrClN2O3. The highest BCUT2D eigenvalue weighted by atomic mass is 79.9. The predicted molar refractivity (Wildman–Crippen MR) is 101 cm³/mol. The van der Waals surface area contributed by atoms with Gasteiger partial charge in [0, 0.05) is 16.5 Å². The second kappa shape index (κ2) is 7.13. The van der Waals surface area contributed by atoms with Gasteiger partial charge in [-0.25, -0.2) is 5.43 Å². The van der Waals surface area contributed by atoms with Crippen molar-refractivity contribution in [2.75, 3.05) is 0 Å². The normalized spacial score (nSPS) is 11.1. The molecule has 126 valence electrons. The molecule has 0 aliphatic rings. The number of aromatic hydroxyl groups is 2. The monoisotopic (exact) mass is 418 g/mol. The Hall–Kier alpha value is -2.57. The number of carbonyl (C=O) groups excluding carboxylic acids is 1. The Bertz CT molecular complexity index is 1010. The van der Waals surface area contributed by atoms with Crippen molar-refractivity contribution in [3.8, 4) is 11.5 Å². The Morgan fingerprint density at radius 3 is 2.56 bits per heavy atom. The number of halogens is 2. The molecule has 0 saturated heterocycles. The summed E-state index contributed by atoms with van der Waals surface area (Å²) in [6.07, 6.45) is 1.49. The van der Waals surface area contributed by atoms with E-state index in [2.05, 4.69) is 26.5 Å². The van der Waals surface area contributed by atoms with Crippen LogP contribution in [0.1, 0.15) is 15.9 Å². The van der Waals surface area contributed by atoms with Gasteiger partial charge in [-0.3, -0.25) is 4.79 Å². The van der Waals surface area contributed by atoms with Crippen molar-refractivity contribution in [1.29, 1.82) is 0 Å². The van der Waals surface area contributed by atoms with E-state index in [1.165, 1.54) is 24.4 Å². The minimum Gasteiger partial charge on any atom is -0.506 e. The van der Waals surface area contributed by atoms with E-state index in [0.717, 1.165) is 10.9 Å². The Labute approximate surface area is 156 Å². The largest absolute Gasteiger partial charge is 0.506 e. The highest BCUT2D eigenvalue weighted by Gasteiger charge is 2.09. The highest BCUT2D eigenvalue weighted by Crippen LogP contribution is 2.34. The molecule has 1 amide bonds. The molecule has 0 aliphatic heterocycles. The quantitative estimate of drug-likeness (QED) is 0.434. The van der Waals surface area contributed by atoms with Crippen molar-refractivity contribution in [2.45, 2.75) is 0 Å². The summed E-state index contributed by atoms with van der Waals surface area (Å²) in [5.74, 6) is -0.405. The van der Waals surface area contributed by atoms with Crippen LogP contribution in [0.15, 0.2) is 58.1 Å². The van der Waals surface area contributed by atoms with E-state index in [0.29, 0.717) is 9.86 Å². The van der Waals surface area contributed by atoms with Crippen LogP contribution in [0.4, 0.5) is 0 Å². The van der Waals surface area contributed by atoms with Gasteiger partial charge in [-0.15, -0.1) is 0 Å². The molecule has 25 heavy (non-hydrogen) atoms. The van der Waals surface area contributed by atoms with Gasteiger partial charge < -0.3 is 10.2 Å². The molecule has 3 aromatic carbocycles. The van der Waals surface area contributed by atoms with Crippen LogP contribution in [0, 0.1) is 0 Å². The van der Waals surface area contributed by atoms with E-state index in [1.807, 2.05) is 18.2 Å². The van der Waals surface area contributed by atoms with Crippen molar-refractivity contribution >= 4 is 50.4 Å². The van der Waals surface area contributed by atoms with Crippen molar-refractivity contribution in [2.24, 2.45) is 5.10 Å². The van der Waals surface area contributed by atoms with Gasteiger partial charge in [0.2, 0.25) is 0 Å². The van der Waals surface area contributed by atoms with E-state index in [9.17, 15) is 15.0 Å². The van der Waals surface area contributed by atoms with Gasteiger partial charge in [-0.1, -0.05) is 35.9 Å². The zero-order valence-electron chi connectivity index (χ0n) is 12.7. The SMILES string of the molecule is O=C(N/N=C/c1cc(Br)c(O)c2ccccc12)c1ccc(O)c(Cl)c1. The third kappa shape index (κ3) is 3.60. The van der Waals surface area contributed by atoms with Crippen molar-refractivity contribution in [3.63, 3.8) is 0 Å². The van der Waals surface area contributed by atoms with Crippen LogP contribution < -0.4 is 5.43 Å². The smallest absolute Gasteiger partial charge is 0.271 e. The average Bonchev–Trinajstić information content (AvgIpc) is 2.61. The maximum absolute atomic E-state index is 12.1. The summed E-state index contributed by atoms with van der Waals surface area (Å²) in [6.45, 7) is 0. The van der Waals surface area contributed by atoms with E-state index < -0.39 is 5.91 Å². The van der Waals surface area contributed by atoms with Crippen LogP contribution in [0.2, 0.25) is 5.02 Å². The number of benzene rings is 3. The van der Waals surface area contributed by atoms with Gasteiger partial charge in [0.25, 0.3) is 5.91 Å². The van der Waals surface area contributed by atoms with Crippen LogP contribution in [-0.4, -0.2) is 22.3 Å². The van der Waals surface area contributed by atoms with E-state index >= 15 is 0 Å². The number of nitrogens with one attached hydrogen (secondary N) is 1. The summed E-state index contributed by atoms with van der Waals surface area (Å²) in [6, 6.07) is 13.2. The molecule has 3 N–H and O–H groups in total. The summed E-state index contributed by atoms with van der Waals surface area (Å²) in [4.78, 5) is 12.1. The maximum atomic E-state index is 12.1. The third-order valence-electron chi connectivity index (χ3n) is 3.58. The standard InChI is InChI=1S/C18H12BrClN2O3/c19-14-7-11(12-3-1-2-4-13(12)17(14)24)9-21-22-18(25)10-5-6-16(23)15(20)8-10/h1-9,23-24H,(H,22,25)/b21-9+. The lowest BCUT2D eigenvalue weighted by atomic mass is 10.0. The Morgan fingerprint density at radius 2 is 1.84 bits per heavy atom. The molecule has 3 rings (SSSR count). The first-order valence-electron chi connectivity index (χ1n) is 7.19. The average molecular weight is 420 g/mol. The Morgan fingerprint density at radius 1 is 1.12 bits per heavy atom. The molecule has 0 atom stereocenters. The van der Waals surface area contributed by atoms with Gasteiger partial charge in [-0.05, 0) is 45.6 Å². The molecule has 0 radical (unpaired) electrons. The number of nitrogens with zero attached hydrogens (tertiary/aromatic N) is 1. The number of fused-ring (bicyclic) bond motifs is 1. The number of hydrogen-bond acceptors (Lipinski definition) is 4. The first-order valence-corrected chi connectivity index (χ1v) is 8.36. The molecule has 0 aromatic heterocycles. The number of phenols is 2. The first-order chi connectivity index (χ1) is 12.0. The first kappa shape index (κ1) is 17.3. The predicted octanol–water partition coefficient (Wildman–Crippen LogP) is 4.43. The van der Waals surface area contributed by atoms with E-state index in [-0.39, 0.29) is 22.1 Å². The fourth-order valence-electron chi connectivity index (χ4n) is 2.33. The molecule has 7 heteroatoms. The van der Waals surface area contributed by atoms with Crippen LogP contribution in [-0.2, 0) is 0 Å². The fourth-order valence-corrected chi connectivity index (χ4v) is 2.97. The molecule has 0 aliphatic carbocycles. The van der Waals surface area contributed by atoms with Crippen LogP contribution in [0.5, 0.6) is 11.5 Å². The van der Waals surface area contributed by atoms with E-state index in [1.54, 1.807) is 12.1 Å². The fraction of sp³-hybridized carbons (Fsp3) is 0. The summed E-state index contributed by atoms with van der Waals surface area (Å²) in [5.41, 5.74) is 3.41.